The molecular weight excluding hydrogens is 270 g/mol. The first kappa shape index (κ1) is 14.8. The Morgan fingerprint density at radius 1 is 1.14 bits per heavy atom. The van der Waals surface area contributed by atoms with Crippen LogP contribution in [0.1, 0.15) is 21.7 Å². The Balaban J connectivity index is 2.28. The second kappa shape index (κ2) is 6.74. The minimum atomic E-state index is 0.287. The summed E-state index contributed by atoms with van der Waals surface area (Å²) in [4.78, 5) is 15.3. The molecule has 5 heteroatoms. The molecule has 0 fully saturated rings. The molecule has 1 aromatic carbocycles. The van der Waals surface area contributed by atoms with E-state index in [0.29, 0.717) is 22.8 Å². The number of pyridine rings is 1. The molecule has 1 aromatic heterocycles. The van der Waals surface area contributed by atoms with Gasteiger partial charge in [0.25, 0.3) is 0 Å². The van der Waals surface area contributed by atoms with Crippen molar-refractivity contribution in [3.05, 3.63) is 47.3 Å². The van der Waals surface area contributed by atoms with Gasteiger partial charge in [0.2, 0.25) is 5.75 Å². The Labute approximate surface area is 123 Å². The number of ether oxygens (including phenoxy) is 3. The zero-order chi connectivity index (χ0) is 15.2. The molecule has 21 heavy (non-hydrogen) atoms. The number of hydrogen-bond donors (Lipinski definition) is 0. The van der Waals surface area contributed by atoms with Crippen LogP contribution in [0.3, 0.4) is 0 Å². The van der Waals surface area contributed by atoms with Crippen molar-refractivity contribution in [2.75, 3.05) is 14.2 Å². The van der Waals surface area contributed by atoms with Crippen LogP contribution in [0.15, 0.2) is 30.3 Å². The molecule has 0 atom stereocenters. The van der Waals surface area contributed by atoms with Crippen molar-refractivity contribution in [1.82, 2.24) is 4.98 Å². The summed E-state index contributed by atoms with van der Waals surface area (Å²) in [6.07, 6.45) is 0.733. The second-order valence-electron chi connectivity index (χ2n) is 4.43. The molecule has 1 heterocycles. The number of carbonyl (C=O) groups excluding carboxylic acids is 1. The first-order valence-corrected chi connectivity index (χ1v) is 6.44. The topological polar surface area (TPSA) is 57.7 Å². The van der Waals surface area contributed by atoms with Crippen LogP contribution in [0.5, 0.6) is 17.2 Å². The predicted octanol–water partition coefficient (Wildman–Crippen LogP) is 2.80. The highest BCUT2D eigenvalue weighted by Crippen LogP contribution is 2.38. The van der Waals surface area contributed by atoms with E-state index in [4.69, 9.17) is 14.2 Å². The van der Waals surface area contributed by atoms with Crippen molar-refractivity contribution in [1.29, 1.82) is 0 Å². The molecule has 0 aliphatic carbocycles. The highest BCUT2D eigenvalue weighted by atomic mass is 16.5. The van der Waals surface area contributed by atoms with E-state index in [0.717, 1.165) is 17.7 Å². The van der Waals surface area contributed by atoms with Crippen molar-refractivity contribution in [3.63, 3.8) is 0 Å². The first-order valence-electron chi connectivity index (χ1n) is 6.44. The minimum Gasteiger partial charge on any atom is -0.493 e. The summed E-state index contributed by atoms with van der Waals surface area (Å²) in [6, 6.07) is 8.93. The highest BCUT2D eigenvalue weighted by Gasteiger charge is 2.14. The van der Waals surface area contributed by atoms with Gasteiger partial charge in [-0.2, -0.15) is 0 Å². The maximum Gasteiger partial charge on any atom is 0.203 e. The van der Waals surface area contributed by atoms with Gasteiger partial charge in [-0.05, 0) is 31.2 Å². The molecule has 0 aliphatic rings. The van der Waals surface area contributed by atoms with Crippen LogP contribution in [0.25, 0.3) is 0 Å². The summed E-state index contributed by atoms with van der Waals surface area (Å²) in [5, 5.41) is 0. The van der Waals surface area contributed by atoms with Crippen LogP contribution in [-0.4, -0.2) is 25.5 Å². The molecule has 0 bridgehead atoms. The molecule has 0 radical (unpaired) electrons. The molecule has 2 rings (SSSR count). The van der Waals surface area contributed by atoms with E-state index < -0.39 is 0 Å². The number of nitrogens with zero attached hydrogens (tertiary/aromatic N) is 1. The zero-order valence-electron chi connectivity index (χ0n) is 12.3. The van der Waals surface area contributed by atoms with Crippen molar-refractivity contribution in [2.24, 2.45) is 0 Å². The van der Waals surface area contributed by atoms with Crippen LogP contribution in [0, 0.1) is 6.92 Å². The summed E-state index contributed by atoms with van der Waals surface area (Å²) < 4.78 is 16.3. The lowest BCUT2D eigenvalue weighted by Crippen LogP contribution is -2.03. The van der Waals surface area contributed by atoms with Gasteiger partial charge < -0.3 is 14.2 Å². The monoisotopic (exact) mass is 287 g/mol. The average Bonchev–Trinajstić information content (AvgIpc) is 2.52. The number of methoxy groups -OCH3 is 2. The summed E-state index contributed by atoms with van der Waals surface area (Å²) in [6.45, 7) is 2.21. The van der Waals surface area contributed by atoms with E-state index in [2.05, 4.69) is 4.98 Å². The molecule has 0 unspecified atom stereocenters. The number of aryl methyl sites for hydroxylation is 1. The van der Waals surface area contributed by atoms with E-state index in [-0.39, 0.29) is 6.61 Å². The van der Waals surface area contributed by atoms with Crippen molar-refractivity contribution in [3.8, 4) is 17.2 Å². The van der Waals surface area contributed by atoms with Crippen LogP contribution in [0.4, 0.5) is 0 Å². The normalized spacial score (nSPS) is 10.0. The lowest BCUT2D eigenvalue weighted by Gasteiger charge is -2.14. The number of benzene rings is 1. The molecule has 0 saturated carbocycles. The molecule has 2 aromatic rings. The predicted molar refractivity (Wildman–Crippen MR) is 78.2 cm³/mol. The van der Waals surface area contributed by atoms with E-state index in [1.807, 2.05) is 25.1 Å². The van der Waals surface area contributed by atoms with Gasteiger partial charge in [-0.3, -0.25) is 9.78 Å². The third-order valence-electron chi connectivity index (χ3n) is 2.93. The largest absolute Gasteiger partial charge is 0.493 e. The quantitative estimate of drug-likeness (QED) is 0.765. The van der Waals surface area contributed by atoms with Gasteiger partial charge >= 0.3 is 0 Å². The van der Waals surface area contributed by atoms with Crippen LogP contribution >= 0.6 is 0 Å². The standard InChI is InChI=1S/C16H17NO4/c1-11-5-4-6-13(17-11)10-21-16-14(19-2)7-12(9-18)8-15(16)20-3/h4-9H,10H2,1-3H3. The number of aromatic nitrogens is 1. The highest BCUT2D eigenvalue weighted by molar-refractivity contribution is 5.78. The lowest BCUT2D eigenvalue weighted by atomic mass is 10.2. The Hall–Kier alpha value is -2.56. The Kier molecular flexibility index (Phi) is 4.77. The van der Waals surface area contributed by atoms with Gasteiger partial charge in [-0.1, -0.05) is 6.07 Å². The van der Waals surface area contributed by atoms with Crippen LogP contribution in [0.2, 0.25) is 0 Å². The third kappa shape index (κ3) is 3.51. The second-order valence-corrected chi connectivity index (χ2v) is 4.43. The van der Waals surface area contributed by atoms with E-state index >= 15 is 0 Å². The molecule has 110 valence electrons. The Morgan fingerprint density at radius 3 is 2.33 bits per heavy atom. The van der Waals surface area contributed by atoms with Crippen molar-refractivity contribution >= 4 is 6.29 Å². The van der Waals surface area contributed by atoms with Crippen LogP contribution in [-0.2, 0) is 6.61 Å². The van der Waals surface area contributed by atoms with Gasteiger partial charge in [0, 0.05) is 11.3 Å². The molecule has 0 amide bonds. The fourth-order valence-corrected chi connectivity index (χ4v) is 1.94. The molecule has 0 N–H and O–H groups in total. The van der Waals surface area contributed by atoms with Crippen molar-refractivity contribution in [2.45, 2.75) is 13.5 Å². The summed E-state index contributed by atoms with van der Waals surface area (Å²) in [5.74, 6) is 1.35. The smallest absolute Gasteiger partial charge is 0.203 e. The third-order valence-corrected chi connectivity index (χ3v) is 2.93. The van der Waals surface area contributed by atoms with Gasteiger partial charge in [0.05, 0.1) is 19.9 Å². The van der Waals surface area contributed by atoms with Gasteiger partial charge in [0.15, 0.2) is 11.5 Å². The van der Waals surface area contributed by atoms with E-state index in [9.17, 15) is 4.79 Å². The fraction of sp³-hybridized carbons (Fsp3) is 0.250. The zero-order valence-corrected chi connectivity index (χ0v) is 12.3. The number of aldehydes is 1. The van der Waals surface area contributed by atoms with E-state index in [1.54, 1.807) is 12.1 Å². The maximum atomic E-state index is 10.9. The summed E-state index contributed by atoms with van der Waals surface area (Å²) in [7, 11) is 3.03. The van der Waals surface area contributed by atoms with Gasteiger partial charge in [-0.25, -0.2) is 0 Å². The number of rotatable bonds is 6. The molecule has 0 saturated heterocycles. The van der Waals surface area contributed by atoms with E-state index in [1.165, 1.54) is 14.2 Å². The SMILES string of the molecule is COc1cc(C=O)cc(OC)c1OCc1cccc(C)n1. The fourth-order valence-electron chi connectivity index (χ4n) is 1.94. The molecular formula is C16H17NO4. The molecule has 0 spiro atoms. The minimum absolute atomic E-state index is 0.287. The molecule has 5 nitrogen and oxygen atoms in total. The first-order chi connectivity index (χ1) is 10.2. The summed E-state index contributed by atoms with van der Waals surface area (Å²) in [5.41, 5.74) is 2.19. The maximum absolute atomic E-state index is 10.9. The van der Waals surface area contributed by atoms with Gasteiger partial charge in [-0.15, -0.1) is 0 Å². The Bertz CT molecular complexity index is 615. The lowest BCUT2D eigenvalue weighted by molar-refractivity contribution is 0.112. The average molecular weight is 287 g/mol. The molecule has 0 aliphatic heterocycles. The number of hydrogen-bond acceptors (Lipinski definition) is 5. The Morgan fingerprint density at radius 2 is 1.81 bits per heavy atom. The van der Waals surface area contributed by atoms with Gasteiger partial charge in [0.1, 0.15) is 12.9 Å². The van der Waals surface area contributed by atoms with Crippen molar-refractivity contribution < 1.29 is 19.0 Å². The summed E-state index contributed by atoms with van der Waals surface area (Å²) >= 11 is 0. The van der Waals surface area contributed by atoms with Crippen LogP contribution < -0.4 is 14.2 Å². The number of carbonyl (C=O) groups is 1.